The standard InChI is InChI=1S/C13H18N2S/c1-11(15)12-6-5-7-13(10-12)16-9-4-2-3-8-14/h5-7,10-11H,2-4,9,15H2,1H3. The molecule has 3 heteroatoms. The first kappa shape index (κ1) is 13.1. The van der Waals surface area contributed by atoms with Crippen LogP contribution in [0.2, 0.25) is 0 Å². The third-order valence-corrected chi connectivity index (χ3v) is 3.42. The summed E-state index contributed by atoms with van der Waals surface area (Å²) in [7, 11) is 0. The minimum absolute atomic E-state index is 0.0964. The van der Waals surface area contributed by atoms with Gasteiger partial charge < -0.3 is 5.73 Å². The van der Waals surface area contributed by atoms with E-state index < -0.39 is 0 Å². The Bertz CT molecular complexity index is 355. The van der Waals surface area contributed by atoms with Gasteiger partial charge in [-0.15, -0.1) is 11.8 Å². The summed E-state index contributed by atoms with van der Waals surface area (Å²) < 4.78 is 0. The normalized spacial score (nSPS) is 12.1. The zero-order valence-corrected chi connectivity index (χ0v) is 10.5. The zero-order chi connectivity index (χ0) is 11.8. The molecule has 0 saturated carbocycles. The van der Waals surface area contributed by atoms with Crippen molar-refractivity contribution in [2.24, 2.45) is 5.73 Å². The summed E-state index contributed by atoms with van der Waals surface area (Å²) in [6.07, 6.45) is 2.76. The number of benzene rings is 1. The molecule has 16 heavy (non-hydrogen) atoms. The molecule has 0 aliphatic heterocycles. The first-order valence-electron chi connectivity index (χ1n) is 5.59. The topological polar surface area (TPSA) is 49.8 Å². The van der Waals surface area contributed by atoms with Crippen molar-refractivity contribution in [2.75, 3.05) is 5.75 Å². The molecule has 1 unspecified atom stereocenters. The molecule has 0 spiro atoms. The van der Waals surface area contributed by atoms with Gasteiger partial charge in [0.1, 0.15) is 0 Å². The highest BCUT2D eigenvalue weighted by atomic mass is 32.2. The molecule has 0 aromatic heterocycles. The largest absolute Gasteiger partial charge is 0.324 e. The Morgan fingerprint density at radius 2 is 2.25 bits per heavy atom. The van der Waals surface area contributed by atoms with E-state index in [1.54, 1.807) is 0 Å². The Morgan fingerprint density at radius 1 is 1.44 bits per heavy atom. The number of nitriles is 1. The molecule has 1 aromatic carbocycles. The lowest BCUT2D eigenvalue weighted by molar-refractivity contribution is 0.814. The number of nitrogens with two attached hydrogens (primary N) is 1. The first-order valence-corrected chi connectivity index (χ1v) is 6.58. The summed E-state index contributed by atoms with van der Waals surface area (Å²) in [6, 6.07) is 10.6. The molecular weight excluding hydrogens is 216 g/mol. The van der Waals surface area contributed by atoms with Gasteiger partial charge in [0.2, 0.25) is 0 Å². The van der Waals surface area contributed by atoms with Crippen LogP contribution >= 0.6 is 11.8 Å². The second-order valence-corrected chi connectivity index (χ2v) is 4.99. The first-order chi connectivity index (χ1) is 7.74. The third kappa shape index (κ3) is 4.69. The average Bonchev–Trinajstić information content (AvgIpc) is 2.29. The van der Waals surface area contributed by atoms with E-state index in [0.29, 0.717) is 6.42 Å². The van der Waals surface area contributed by atoms with Crippen LogP contribution in [-0.2, 0) is 0 Å². The fourth-order valence-electron chi connectivity index (χ4n) is 1.38. The SMILES string of the molecule is CC(N)c1cccc(SCCCCC#N)c1. The molecular formula is C13H18N2S. The maximum atomic E-state index is 8.41. The maximum Gasteiger partial charge on any atom is 0.0621 e. The number of hydrogen-bond donors (Lipinski definition) is 1. The highest BCUT2D eigenvalue weighted by Crippen LogP contribution is 2.22. The van der Waals surface area contributed by atoms with Crippen LogP contribution in [0, 0.1) is 11.3 Å². The van der Waals surface area contributed by atoms with E-state index in [1.165, 1.54) is 10.5 Å². The van der Waals surface area contributed by atoms with Gasteiger partial charge in [0.15, 0.2) is 0 Å². The van der Waals surface area contributed by atoms with E-state index in [-0.39, 0.29) is 6.04 Å². The molecule has 0 bridgehead atoms. The quantitative estimate of drug-likeness (QED) is 0.605. The van der Waals surface area contributed by atoms with Crippen molar-refractivity contribution in [3.05, 3.63) is 29.8 Å². The number of rotatable bonds is 6. The van der Waals surface area contributed by atoms with Crippen LogP contribution in [0.3, 0.4) is 0 Å². The van der Waals surface area contributed by atoms with Crippen molar-refractivity contribution < 1.29 is 0 Å². The number of unbranched alkanes of at least 4 members (excludes halogenated alkanes) is 2. The Kier molecular flexibility index (Phi) is 5.99. The van der Waals surface area contributed by atoms with Crippen molar-refractivity contribution in [1.82, 2.24) is 0 Å². The van der Waals surface area contributed by atoms with Crippen molar-refractivity contribution >= 4 is 11.8 Å². The molecule has 1 atom stereocenters. The minimum Gasteiger partial charge on any atom is -0.324 e. The lowest BCUT2D eigenvalue weighted by Gasteiger charge is -2.07. The summed E-state index contributed by atoms with van der Waals surface area (Å²) in [4.78, 5) is 1.27. The van der Waals surface area contributed by atoms with Gasteiger partial charge in [-0.25, -0.2) is 0 Å². The predicted octanol–water partition coefficient (Wildman–Crippen LogP) is 3.49. The van der Waals surface area contributed by atoms with Crippen LogP contribution in [-0.4, -0.2) is 5.75 Å². The van der Waals surface area contributed by atoms with Gasteiger partial charge in [0.25, 0.3) is 0 Å². The Morgan fingerprint density at radius 3 is 2.94 bits per heavy atom. The summed E-state index contributed by atoms with van der Waals surface area (Å²) in [6.45, 7) is 2.00. The van der Waals surface area contributed by atoms with Crippen molar-refractivity contribution in [3.8, 4) is 6.07 Å². The zero-order valence-electron chi connectivity index (χ0n) is 9.65. The lowest BCUT2D eigenvalue weighted by atomic mass is 10.1. The monoisotopic (exact) mass is 234 g/mol. The van der Waals surface area contributed by atoms with E-state index in [9.17, 15) is 0 Å². The number of thioether (sulfide) groups is 1. The van der Waals surface area contributed by atoms with Gasteiger partial charge in [0, 0.05) is 17.4 Å². The van der Waals surface area contributed by atoms with Gasteiger partial charge in [-0.05, 0) is 43.2 Å². The molecule has 0 amide bonds. The highest BCUT2D eigenvalue weighted by molar-refractivity contribution is 7.99. The smallest absolute Gasteiger partial charge is 0.0621 e. The second kappa shape index (κ2) is 7.32. The summed E-state index contributed by atoms with van der Waals surface area (Å²) in [5, 5.41) is 8.41. The Balaban J connectivity index is 2.37. The molecule has 2 nitrogen and oxygen atoms in total. The lowest BCUT2D eigenvalue weighted by Crippen LogP contribution is -2.04. The minimum atomic E-state index is 0.0964. The fourth-order valence-corrected chi connectivity index (χ4v) is 2.36. The molecule has 86 valence electrons. The Labute approximate surface area is 102 Å². The molecule has 0 heterocycles. The fraction of sp³-hybridized carbons (Fsp3) is 0.462. The van der Waals surface area contributed by atoms with Gasteiger partial charge >= 0.3 is 0 Å². The van der Waals surface area contributed by atoms with Crippen LogP contribution in [0.5, 0.6) is 0 Å². The number of nitrogens with zero attached hydrogens (tertiary/aromatic N) is 1. The van der Waals surface area contributed by atoms with Crippen LogP contribution in [0.25, 0.3) is 0 Å². The Hall–Kier alpha value is -0.980. The van der Waals surface area contributed by atoms with E-state index in [2.05, 4.69) is 30.3 Å². The average molecular weight is 234 g/mol. The molecule has 0 aliphatic rings. The second-order valence-electron chi connectivity index (χ2n) is 3.82. The third-order valence-electron chi connectivity index (χ3n) is 2.34. The van der Waals surface area contributed by atoms with E-state index >= 15 is 0 Å². The summed E-state index contributed by atoms with van der Waals surface area (Å²) in [5.41, 5.74) is 7.01. The van der Waals surface area contributed by atoms with Crippen LogP contribution in [0.15, 0.2) is 29.2 Å². The van der Waals surface area contributed by atoms with Gasteiger partial charge in [-0.2, -0.15) is 5.26 Å². The van der Waals surface area contributed by atoms with Crippen molar-refractivity contribution in [1.29, 1.82) is 5.26 Å². The van der Waals surface area contributed by atoms with E-state index in [1.807, 2.05) is 18.7 Å². The molecule has 0 fully saturated rings. The van der Waals surface area contributed by atoms with Crippen LogP contribution in [0.4, 0.5) is 0 Å². The predicted molar refractivity (Wildman–Crippen MR) is 69.2 cm³/mol. The highest BCUT2D eigenvalue weighted by Gasteiger charge is 2.00. The summed E-state index contributed by atoms with van der Waals surface area (Å²) in [5.74, 6) is 1.07. The molecule has 2 N–H and O–H groups in total. The molecule has 1 aromatic rings. The molecule has 0 radical (unpaired) electrons. The molecule has 0 saturated heterocycles. The van der Waals surface area contributed by atoms with Crippen LogP contribution < -0.4 is 5.73 Å². The van der Waals surface area contributed by atoms with E-state index in [4.69, 9.17) is 11.0 Å². The molecule has 1 rings (SSSR count). The number of hydrogen-bond acceptors (Lipinski definition) is 3. The van der Waals surface area contributed by atoms with Crippen LogP contribution in [0.1, 0.15) is 37.8 Å². The van der Waals surface area contributed by atoms with Gasteiger partial charge in [-0.1, -0.05) is 12.1 Å². The molecule has 0 aliphatic carbocycles. The van der Waals surface area contributed by atoms with Gasteiger partial charge in [0.05, 0.1) is 6.07 Å². The van der Waals surface area contributed by atoms with Gasteiger partial charge in [-0.3, -0.25) is 0 Å². The maximum absolute atomic E-state index is 8.41. The summed E-state index contributed by atoms with van der Waals surface area (Å²) >= 11 is 1.84. The van der Waals surface area contributed by atoms with Crippen molar-refractivity contribution in [3.63, 3.8) is 0 Å². The van der Waals surface area contributed by atoms with E-state index in [0.717, 1.165) is 18.6 Å². The van der Waals surface area contributed by atoms with Crippen molar-refractivity contribution in [2.45, 2.75) is 37.1 Å².